The topological polar surface area (TPSA) is 55.8 Å². The Morgan fingerprint density at radius 3 is 2.40 bits per heavy atom. The number of ether oxygens (including phenoxy) is 2. The van der Waals surface area contributed by atoms with Crippen molar-refractivity contribution in [2.24, 2.45) is 0 Å². The number of carbonyl (C=O) groups excluding carboxylic acids is 2. The number of halogens is 1. The maximum Gasteiger partial charge on any atom is 0.339 e. The van der Waals surface area contributed by atoms with Gasteiger partial charge >= 0.3 is 11.9 Å². The van der Waals surface area contributed by atoms with Gasteiger partial charge in [0.25, 0.3) is 0 Å². The second-order valence-corrected chi connectivity index (χ2v) is 6.66. The molecular formula is C19H18BrNO4. The maximum absolute atomic E-state index is 12.2. The molecule has 0 radical (unpaired) electrons. The highest BCUT2D eigenvalue weighted by Gasteiger charge is 2.30. The minimum absolute atomic E-state index is 0.217. The normalized spacial score (nSPS) is 13.4. The summed E-state index contributed by atoms with van der Waals surface area (Å²) in [5.41, 5.74) is 3.67. The van der Waals surface area contributed by atoms with Crippen molar-refractivity contribution in [2.45, 2.75) is 19.6 Å². The maximum atomic E-state index is 12.2. The predicted octanol–water partition coefficient (Wildman–Crippen LogP) is 3.54. The van der Waals surface area contributed by atoms with Crippen molar-refractivity contribution in [1.82, 2.24) is 4.90 Å². The van der Waals surface area contributed by atoms with Crippen LogP contribution in [0.15, 0.2) is 40.9 Å². The van der Waals surface area contributed by atoms with Crippen LogP contribution in [0.5, 0.6) is 0 Å². The summed E-state index contributed by atoms with van der Waals surface area (Å²) in [5, 5.41) is 0. The highest BCUT2D eigenvalue weighted by Crippen LogP contribution is 2.36. The number of esters is 2. The zero-order valence-electron chi connectivity index (χ0n) is 14.0. The molecule has 0 fully saturated rings. The molecule has 5 nitrogen and oxygen atoms in total. The van der Waals surface area contributed by atoms with Crippen LogP contribution in [0.2, 0.25) is 0 Å². The molecule has 0 amide bonds. The van der Waals surface area contributed by atoms with E-state index in [-0.39, 0.29) is 11.1 Å². The summed E-state index contributed by atoms with van der Waals surface area (Å²) in [5.74, 6) is -1.11. The van der Waals surface area contributed by atoms with Crippen LogP contribution >= 0.6 is 15.9 Å². The average Bonchev–Trinajstić information content (AvgIpc) is 3.04. The molecule has 3 rings (SSSR count). The van der Waals surface area contributed by atoms with E-state index in [1.54, 1.807) is 6.07 Å². The third kappa shape index (κ3) is 3.45. The first-order valence-corrected chi connectivity index (χ1v) is 8.61. The van der Waals surface area contributed by atoms with Gasteiger partial charge < -0.3 is 9.47 Å². The lowest BCUT2D eigenvalue weighted by atomic mass is 10.00. The molecule has 2 aromatic carbocycles. The zero-order chi connectivity index (χ0) is 18.0. The highest BCUT2D eigenvalue weighted by atomic mass is 79.9. The molecule has 0 bridgehead atoms. The fraction of sp³-hybridized carbons (Fsp3) is 0.263. The molecule has 1 aliphatic heterocycles. The van der Waals surface area contributed by atoms with Gasteiger partial charge in [-0.3, -0.25) is 4.90 Å². The Bertz CT molecular complexity index is 820. The summed E-state index contributed by atoms with van der Waals surface area (Å²) in [4.78, 5) is 26.5. The molecule has 1 aliphatic rings. The van der Waals surface area contributed by atoms with Crippen molar-refractivity contribution in [3.05, 3.63) is 68.7 Å². The third-order valence-corrected chi connectivity index (χ3v) is 5.15. The fourth-order valence-electron chi connectivity index (χ4n) is 3.10. The highest BCUT2D eigenvalue weighted by molar-refractivity contribution is 9.10. The number of hydrogen-bond acceptors (Lipinski definition) is 5. The minimum atomic E-state index is -0.559. The van der Waals surface area contributed by atoms with E-state index in [0.717, 1.165) is 17.7 Å². The number of nitrogens with zero attached hydrogens (tertiary/aromatic N) is 1. The van der Waals surface area contributed by atoms with Crippen LogP contribution < -0.4 is 0 Å². The molecule has 0 aromatic heterocycles. The van der Waals surface area contributed by atoms with Crippen molar-refractivity contribution in [2.75, 3.05) is 14.2 Å². The molecule has 0 saturated heterocycles. The van der Waals surface area contributed by atoms with Crippen LogP contribution in [0.4, 0.5) is 0 Å². The Hall–Kier alpha value is -2.18. The number of methoxy groups -OCH3 is 2. The molecule has 0 aliphatic carbocycles. The van der Waals surface area contributed by atoms with E-state index < -0.39 is 11.9 Å². The smallest absolute Gasteiger partial charge is 0.339 e. The zero-order valence-corrected chi connectivity index (χ0v) is 15.6. The van der Waals surface area contributed by atoms with Crippen LogP contribution in [0.25, 0.3) is 0 Å². The van der Waals surface area contributed by atoms with Crippen molar-refractivity contribution in [1.29, 1.82) is 0 Å². The molecule has 1 heterocycles. The predicted molar refractivity (Wildman–Crippen MR) is 96.2 cm³/mol. The first kappa shape index (κ1) is 17.6. The summed E-state index contributed by atoms with van der Waals surface area (Å²) in [6, 6.07) is 11.9. The van der Waals surface area contributed by atoms with E-state index in [2.05, 4.69) is 33.0 Å². The second-order valence-electron chi connectivity index (χ2n) is 5.86. The molecule has 2 aromatic rings. The first-order valence-electron chi connectivity index (χ1n) is 7.82. The van der Waals surface area contributed by atoms with E-state index in [0.29, 0.717) is 17.6 Å². The summed E-state index contributed by atoms with van der Waals surface area (Å²) in [6.45, 7) is 2.19. The van der Waals surface area contributed by atoms with Gasteiger partial charge in [-0.1, -0.05) is 30.3 Å². The molecule has 25 heavy (non-hydrogen) atoms. The van der Waals surface area contributed by atoms with Crippen molar-refractivity contribution in [3.8, 4) is 0 Å². The van der Waals surface area contributed by atoms with Gasteiger partial charge in [-0.05, 0) is 38.7 Å². The van der Waals surface area contributed by atoms with Gasteiger partial charge in [-0.2, -0.15) is 0 Å². The van der Waals surface area contributed by atoms with Gasteiger partial charge in [-0.15, -0.1) is 0 Å². The molecule has 0 unspecified atom stereocenters. The van der Waals surface area contributed by atoms with Crippen LogP contribution in [0, 0.1) is 0 Å². The van der Waals surface area contributed by atoms with Gasteiger partial charge in [0.05, 0.1) is 25.3 Å². The minimum Gasteiger partial charge on any atom is -0.465 e. The monoisotopic (exact) mass is 403 g/mol. The third-order valence-electron chi connectivity index (χ3n) is 4.28. The number of rotatable bonds is 4. The van der Waals surface area contributed by atoms with Crippen LogP contribution in [0.1, 0.15) is 37.4 Å². The quantitative estimate of drug-likeness (QED) is 0.730. The Morgan fingerprint density at radius 1 is 1.08 bits per heavy atom. The summed E-state index contributed by atoms with van der Waals surface area (Å²) in [7, 11) is 2.59. The van der Waals surface area contributed by atoms with Gasteiger partial charge in [0.2, 0.25) is 0 Å². The van der Waals surface area contributed by atoms with Crippen molar-refractivity contribution < 1.29 is 19.1 Å². The molecule has 0 atom stereocenters. The molecule has 6 heteroatoms. The van der Waals surface area contributed by atoms with Gasteiger partial charge in [-0.25, -0.2) is 9.59 Å². The number of benzene rings is 2. The summed E-state index contributed by atoms with van der Waals surface area (Å²) < 4.78 is 10.3. The van der Waals surface area contributed by atoms with Crippen molar-refractivity contribution >= 4 is 27.9 Å². The largest absolute Gasteiger partial charge is 0.465 e. The lowest BCUT2D eigenvalue weighted by molar-refractivity contribution is 0.0554. The summed E-state index contributed by atoms with van der Waals surface area (Å²) >= 11 is 3.50. The van der Waals surface area contributed by atoms with E-state index in [1.165, 1.54) is 19.8 Å². The average molecular weight is 404 g/mol. The molecule has 130 valence electrons. The molecule has 0 N–H and O–H groups in total. The molecule has 0 spiro atoms. The standard InChI is InChI=1S/C19H18BrNO4/c1-24-18(22)14-8-13-10-21(9-12-6-4-3-5-7-12)11-15(13)17(20)16(14)19(23)25-2/h3-8H,9-11H2,1-2H3. The molecular weight excluding hydrogens is 386 g/mol. The SMILES string of the molecule is COC(=O)c1cc2c(c(Br)c1C(=O)OC)CN(Cc1ccccc1)C2. The summed E-state index contributed by atoms with van der Waals surface area (Å²) in [6.07, 6.45) is 0. The number of fused-ring (bicyclic) bond motifs is 1. The Kier molecular flexibility index (Phi) is 5.20. The number of carbonyl (C=O) groups is 2. The number of hydrogen-bond donors (Lipinski definition) is 0. The van der Waals surface area contributed by atoms with Crippen LogP contribution in [-0.4, -0.2) is 31.1 Å². The van der Waals surface area contributed by atoms with Gasteiger partial charge in [0.1, 0.15) is 0 Å². The second kappa shape index (κ2) is 7.37. The fourth-order valence-corrected chi connectivity index (χ4v) is 3.86. The lowest BCUT2D eigenvalue weighted by Crippen LogP contribution is -2.15. The van der Waals surface area contributed by atoms with E-state index in [1.807, 2.05) is 18.2 Å². The van der Waals surface area contributed by atoms with E-state index in [4.69, 9.17) is 9.47 Å². The Morgan fingerprint density at radius 2 is 1.76 bits per heavy atom. The Labute approximate surface area is 154 Å². The van der Waals surface area contributed by atoms with Gasteiger partial charge in [0, 0.05) is 24.1 Å². The molecule has 0 saturated carbocycles. The van der Waals surface area contributed by atoms with Crippen molar-refractivity contribution in [3.63, 3.8) is 0 Å². The van der Waals surface area contributed by atoms with E-state index >= 15 is 0 Å². The lowest BCUT2D eigenvalue weighted by Gasteiger charge is -2.14. The van der Waals surface area contributed by atoms with Crippen LogP contribution in [0.3, 0.4) is 0 Å². The Balaban J connectivity index is 1.96. The van der Waals surface area contributed by atoms with Gasteiger partial charge in [0.15, 0.2) is 0 Å². The van der Waals surface area contributed by atoms with Crippen LogP contribution in [-0.2, 0) is 29.1 Å². The first-order chi connectivity index (χ1) is 12.0. The van der Waals surface area contributed by atoms with E-state index in [9.17, 15) is 9.59 Å².